The first-order valence-electron chi connectivity index (χ1n) is 10.9. The zero-order valence-electron chi connectivity index (χ0n) is 19.2. The normalized spacial score (nSPS) is 15.3. The zero-order valence-corrected chi connectivity index (χ0v) is 19.9. The molecule has 3 rings (SSSR count). The minimum atomic E-state index is -0.629. The molecule has 1 aromatic carbocycles. The van der Waals surface area contributed by atoms with Crippen molar-refractivity contribution >= 4 is 29.6 Å². The summed E-state index contributed by atoms with van der Waals surface area (Å²) in [4.78, 5) is 38.0. The third kappa shape index (κ3) is 5.72. The SMILES string of the molecule is COCCC1(C(=O)N/C(=C\c2ccc(-c3cc(Cl)cn(C)c3=O)cc2)C(=O)OC)CCCC1. The van der Waals surface area contributed by atoms with Gasteiger partial charge in [-0.1, -0.05) is 48.7 Å². The van der Waals surface area contributed by atoms with Crippen LogP contribution in [0.5, 0.6) is 0 Å². The molecule has 33 heavy (non-hydrogen) atoms. The van der Waals surface area contributed by atoms with Gasteiger partial charge < -0.3 is 19.4 Å². The van der Waals surface area contributed by atoms with Crippen LogP contribution in [0.25, 0.3) is 17.2 Å². The minimum Gasteiger partial charge on any atom is -0.464 e. The van der Waals surface area contributed by atoms with E-state index < -0.39 is 11.4 Å². The Morgan fingerprint density at radius 1 is 1.18 bits per heavy atom. The van der Waals surface area contributed by atoms with Crippen molar-refractivity contribution < 1.29 is 19.1 Å². The van der Waals surface area contributed by atoms with E-state index in [-0.39, 0.29) is 17.2 Å². The number of aromatic nitrogens is 1. The monoisotopic (exact) mass is 472 g/mol. The van der Waals surface area contributed by atoms with Gasteiger partial charge in [0.2, 0.25) is 5.91 Å². The number of halogens is 1. The van der Waals surface area contributed by atoms with E-state index in [1.165, 1.54) is 11.7 Å². The summed E-state index contributed by atoms with van der Waals surface area (Å²) in [5, 5.41) is 3.26. The van der Waals surface area contributed by atoms with Crippen molar-refractivity contribution in [3.05, 3.63) is 63.2 Å². The number of nitrogens with zero attached hydrogens (tertiary/aromatic N) is 1. The Balaban J connectivity index is 1.87. The highest BCUT2D eigenvalue weighted by atomic mass is 35.5. The molecule has 1 saturated carbocycles. The van der Waals surface area contributed by atoms with E-state index in [2.05, 4.69) is 5.32 Å². The third-order valence-corrected chi connectivity index (χ3v) is 6.37. The van der Waals surface area contributed by atoms with E-state index in [0.29, 0.717) is 34.7 Å². The third-order valence-electron chi connectivity index (χ3n) is 6.16. The fourth-order valence-electron chi connectivity index (χ4n) is 4.25. The lowest BCUT2D eigenvalue weighted by molar-refractivity contribution is -0.139. The quantitative estimate of drug-likeness (QED) is 0.464. The van der Waals surface area contributed by atoms with Crippen LogP contribution in [0.3, 0.4) is 0 Å². The number of carbonyl (C=O) groups excluding carboxylic acids is 2. The number of esters is 1. The highest BCUT2D eigenvalue weighted by Crippen LogP contribution is 2.41. The largest absolute Gasteiger partial charge is 0.464 e. The molecule has 2 aromatic rings. The summed E-state index contributed by atoms with van der Waals surface area (Å²) in [6.07, 6.45) is 7.20. The van der Waals surface area contributed by atoms with Gasteiger partial charge in [0.05, 0.1) is 17.5 Å². The molecule has 0 atom stereocenters. The Hall–Kier alpha value is -2.90. The fourth-order valence-corrected chi connectivity index (χ4v) is 4.51. The number of pyridine rings is 1. The molecule has 1 N–H and O–H groups in total. The lowest BCUT2D eigenvalue weighted by Gasteiger charge is -2.27. The van der Waals surface area contributed by atoms with Crippen molar-refractivity contribution in [3.8, 4) is 11.1 Å². The summed E-state index contributed by atoms with van der Waals surface area (Å²) in [7, 11) is 4.53. The Morgan fingerprint density at radius 2 is 1.85 bits per heavy atom. The van der Waals surface area contributed by atoms with Gasteiger partial charge in [-0.3, -0.25) is 9.59 Å². The minimum absolute atomic E-state index is 0.0672. The standard InChI is InChI=1S/C25H29ClN2O5/c1-28-16-19(26)15-20(22(28)29)18-8-6-17(7-9-18)14-21(23(30)33-3)27-24(31)25(12-13-32-2)10-4-5-11-25/h6-9,14-16H,4-5,10-13H2,1-3H3,(H,27,31)/b21-14-. The summed E-state index contributed by atoms with van der Waals surface area (Å²) in [5.41, 5.74) is 1.21. The average Bonchev–Trinajstić information content (AvgIpc) is 3.30. The van der Waals surface area contributed by atoms with Crippen LogP contribution in [0.2, 0.25) is 5.02 Å². The molecular formula is C25H29ClN2O5. The molecule has 1 fully saturated rings. The van der Waals surface area contributed by atoms with E-state index in [0.717, 1.165) is 25.7 Å². The highest BCUT2D eigenvalue weighted by Gasteiger charge is 2.41. The summed E-state index contributed by atoms with van der Waals surface area (Å²) < 4.78 is 11.5. The average molecular weight is 473 g/mol. The second-order valence-electron chi connectivity index (χ2n) is 8.34. The molecule has 1 aromatic heterocycles. The number of hydrogen-bond acceptors (Lipinski definition) is 5. The number of rotatable bonds is 8. The summed E-state index contributed by atoms with van der Waals surface area (Å²) >= 11 is 6.10. The first-order chi connectivity index (χ1) is 15.8. The first kappa shape index (κ1) is 24.7. The van der Waals surface area contributed by atoms with Crippen molar-refractivity contribution in [1.29, 1.82) is 0 Å². The molecule has 1 heterocycles. The number of methoxy groups -OCH3 is 2. The smallest absolute Gasteiger partial charge is 0.354 e. The van der Waals surface area contributed by atoms with E-state index in [1.54, 1.807) is 56.8 Å². The maximum Gasteiger partial charge on any atom is 0.354 e. The Kier molecular flexibility index (Phi) is 8.10. The molecule has 0 radical (unpaired) electrons. The molecule has 0 spiro atoms. The zero-order chi connectivity index (χ0) is 24.0. The van der Waals surface area contributed by atoms with Crippen LogP contribution in [0.1, 0.15) is 37.7 Å². The molecule has 0 unspecified atom stereocenters. The van der Waals surface area contributed by atoms with Crippen LogP contribution < -0.4 is 10.9 Å². The molecular weight excluding hydrogens is 444 g/mol. The van der Waals surface area contributed by atoms with Gasteiger partial charge in [-0.15, -0.1) is 0 Å². The molecule has 0 aliphatic heterocycles. The van der Waals surface area contributed by atoms with Crippen LogP contribution >= 0.6 is 11.6 Å². The molecule has 1 aliphatic rings. The molecule has 8 heteroatoms. The number of nitrogens with one attached hydrogen (secondary N) is 1. The van der Waals surface area contributed by atoms with E-state index in [1.807, 2.05) is 0 Å². The summed E-state index contributed by atoms with van der Waals surface area (Å²) in [6, 6.07) is 8.69. The molecule has 7 nitrogen and oxygen atoms in total. The Bertz CT molecular complexity index is 1100. The number of carbonyl (C=O) groups is 2. The topological polar surface area (TPSA) is 86.6 Å². The van der Waals surface area contributed by atoms with Gasteiger partial charge in [0.1, 0.15) is 5.70 Å². The van der Waals surface area contributed by atoms with Crippen LogP contribution in [0, 0.1) is 5.41 Å². The van der Waals surface area contributed by atoms with Crippen LogP contribution in [0.15, 0.2) is 47.0 Å². The second-order valence-corrected chi connectivity index (χ2v) is 8.78. The van der Waals surface area contributed by atoms with Crippen molar-refractivity contribution in [1.82, 2.24) is 9.88 Å². The van der Waals surface area contributed by atoms with Crippen molar-refractivity contribution in [3.63, 3.8) is 0 Å². The van der Waals surface area contributed by atoms with Crippen molar-refractivity contribution in [2.75, 3.05) is 20.8 Å². The number of amides is 1. The first-order valence-corrected chi connectivity index (χ1v) is 11.2. The number of hydrogen-bond donors (Lipinski definition) is 1. The molecule has 0 bridgehead atoms. The predicted octanol–water partition coefficient (Wildman–Crippen LogP) is 3.93. The number of aryl methyl sites for hydroxylation is 1. The van der Waals surface area contributed by atoms with Gasteiger partial charge in [0.25, 0.3) is 5.56 Å². The number of benzene rings is 1. The molecule has 0 saturated heterocycles. The van der Waals surface area contributed by atoms with Gasteiger partial charge in [-0.05, 0) is 42.5 Å². The van der Waals surface area contributed by atoms with Crippen LogP contribution in [-0.4, -0.2) is 37.3 Å². The lowest BCUT2D eigenvalue weighted by atomic mass is 9.82. The number of ether oxygens (including phenoxy) is 2. The van der Waals surface area contributed by atoms with Crippen molar-refractivity contribution in [2.45, 2.75) is 32.1 Å². The highest BCUT2D eigenvalue weighted by molar-refractivity contribution is 6.30. The maximum atomic E-state index is 13.2. The Labute approximate surface area is 198 Å². The maximum absolute atomic E-state index is 13.2. The van der Waals surface area contributed by atoms with E-state index in [4.69, 9.17) is 21.1 Å². The van der Waals surface area contributed by atoms with Crippen LogP contribution in [0.4, 0.5) is 0 Å². The van der Waals surface area contributed by atoms with E-state index >= 15 is 0 Å². The van der Waals surface area contributed by atoms with Gasteiger partial charge >= 0.3 is 5.97 Å². The van der Waals surface area contributed by atoms with Gasteiger partial charge in [-0.2, -0.15) is 0 Å². The van der Waals surface area contributed by atoms with Gasteiger partial charge in [0, 0.05) is 32.5 Å². The molecule has 1 aliphatic carbocycles. The van der Waals surface area contributed by atoms with Crippen LogP contribution in [-0.2, 0) is 26.1 Å². The molecule has 1 amide bonds. The summed E-state index contributed by atoms with van der Waals surface area (Å²) in [6.45, 7) is 0.481. The van der Waals surface area contributed by atoms with Gasteiger partial charge in [-0.25, -0.2) is 4.79 Å². The molecule has 176 valence electrons. The summed E-state index contributed by atoms with van der Waals surface area (Å²) in [5.74, 6) is -0.816. The Morgan fingerprint density at radius 3 is 2.45 bits per heavy atom. The lowest BCUT2D eigenvalue weighted by Crippen LogP contribution is -2.41. The second kappa shape index (κ2) is 10.8. The fraction of sp³-hybridized carbons (Fsp3) is 0.400. The van der Waals surface area contributed by atoms with Gasteiger partial charge in [0.15, 0.2) is 0 Å². The van der Waals surface area contributed by atoms with E-state index in [9.17, 15) is 14.4 Å². The van der Waals surface area contributed by atoms with Crippen molar-refractivity contribution in [2.24, 2.45) is 12.5 Å². The predicted molar refractivity (Wildman–Crippen MR) is 128 cm³/mol.